The van der Waals surface area contributed by atoms with Gasteiger partial charge in [-0.3, -0.25) is 14.4 Å². The van der Waals surface area contributed by atoms with Crippen molar-refractivity contribution >= 4 is 64.0 Å². The van der Waals surface area contributed by atoms with Crippen molar-refractivity contribution in [2.75, 3.05) is 33.9 Å². The number of benzene rings is 1. The minimum absolute atomic E-state index is 0. The number of halogens is 2. The summed E-state index contributed by atoms with van der Waals surface area (Å²) in [5, 5.41) is 10.9. The number of aromatic amines is 1. The van der Waals surface area contributed by atoms with Crippen LogP contribution in [0.2, 0.25) is 5.02 Å². The summed E-state index contributed by atoms with van der Waals surface area (Å²) < 4.78 is 5.03. The van der Waals surface area contributed by atoms with Crippen LogP contribution in [0.4, 0.5) is 0 Å². The number of likely N-dealkylation sites (N-methyl/N-ethyl adjacent to an activating group) is 1. The molecule has 0 bridgehead atoms. The van der Waals surface area contributed by atoms with Crippen LogP contribution in [0.1, 0.15) is 50.1 Å². The number of ether oxygens (including phenoxy) is 1. The lowest BCUT2D eigenvalue weighted by Gasteiger charge is -2.36. The van der Waals surface area contributed by atoms with E-state index in [0.717, 1.165) is 41.0 Å². The number of methoxy groups -OCH3 is 1. The number of rotatable bonds is 8. The smallest absolute Gasteiger partial charge is 0.280 e. The summed E-state index contributed by atoms with van der Waals surface area (Å²) in [6.45, 7) is 2.56. The predicted octanol–water partition coefficient (Wildman–Crippen LogP) is 3.15. The summed E-state index contributed by atoms with van der Waals surface area (Å²) in [5.74, 6) is -0.915. The number of hydrogen-bond acceptors (Lipinski definition) is 7. The quantitative estimate of drug-likeness (QED) is 0.291. The van der Waals surface area contributed by atoms with Crippen molar-refractivity contribution in [3.8, 4) is 0 Å². The largest absolute Gasteiger partial charge is 0.383 e. The highest BCUT2D eigenvalue weighted by atomic mass is 35.5. The van der Waals surface area contributed by atoms with Gasteiger partial charge in [0.2, 0.25) is 5.91 Å². The summed E-state index contributed by atoms with van der Waals surface area (Å²) in [7, 11) is 3.64. The number of hydrogen-bond donors (Lipinski definition) is 4. The normalized spacial score (nSPS) is 20.8. The van der Waals surface area contributed by atoms with E-state index in [1.165, 1.54) is 11.3 Å². The number of thiazole rings is 1. The highest BCUT2D eigenvalue weighted by Gasteiger charge is 2.36. The van der Waals surface area contributed by atoms with Gasteiger partial charge in [0.1, 0.15) is 5.69 Å². The Kier molecular flexibility index (Phi) is 10.1. The van der Waals surface area contributed by atoms with E-state index in [0.29, 0.717) is 48.1 Å². The van der Waals surface area contributed by atoms with Gasteiger partial charge in [0.05, 0.1) is 18.3 Å². The first-order valence-electron chi connectivity index (χ1n) is 13.1. The second-order valence-electron chi connectivity index (χ2n) is 10.2. The van der Waals surface area contributed by atoms with Crippen LogP contribution in [-0.2, 0) is 22.5 Å². The summed E-state index contributed by atoms with van der Waals surface area (Å²) in [6, 6.07) is 6.34. The molecule has 3 aromatic rings. The van der Waals surface area contributed by atoms with Crippen molar-refractivity contribution in [2.45, 2.75) is 44.3 Å². The summed E-state index contributed by atoms with van der Waals surface area (Å²) in [6.07, 6.45) is 2.38. The lowest BCUT2D eigenvalue weighted by Crippen LogP contribution is -2.56. The van der Waals surface area contributed by atoms with Crippen LogP contribution >= 0.6 is 35.3 Å². The number of nitrogens with zero attached hydrogens (tertiary/aromatic N) is 2. The zero-order valence-electron chi connectivity index (χ0n) is 22.4. The van der Waals surface area contributed by atoms with Gasteiger partial charge in [-0.15, -0.1) is 23.7 Å². The molecule has 3 unspecified atom stereocenters. The zero-order chi connectivity index (χ0) is 27.5. The molecule has 13 heteroatoms. The molecule has 1 aliphatic heterocycles. The van der Waals surface area contributed by atoms with Gasteiger partial charge in [-0.05, 0) is 50.6 Å². The maximum Gasteiger partial charge on any atom is 0.280 e. The molecule has 1 aromatic carbocycles. The maximum absolute atomic E-state index is 13.3. The first kappa shape index (κ1) is 30.3. The van der Waals surface area contributed by atoms with Gasteiger partial charge >= 0.3 is 0 Å². The van der Waals surface area contributed by atoms with Crippen molar-refractivity contribution in [3.05, 3.63) is 50.6 Å². The SMILES string of the molecule is COCCNC(=O)C1CCC(NC(=O)c2nc3c(s2)CN(C)CC3)C(NC(=O)c2cc3cc(Cl)ccc3[nH]2)C1.Cl. The number of aromatic nitrogens is 2. The molecule has 0 radical (unpaired) electrons. The average Bonchev–Trinajstić information content (AvgIpc) is 3.53. The first-order chi connectivity index (χ1) is 18.8. The molecule has 0 saturated heterocycles. The Hall–Kier alpha value is -2.70. The molecule has 1 aliphatic carbocycles. The molecular formula is C27H34Cl2N6O4S. The van der Waals surface area contributed by atoms with E-state index in [1.54, 1.807) is 25.3 Å². The van der Waals surface area contributed by atoms with E-state index >= 15 is 0 Å². The second kappa shape index (κ2) is 13.3. The van der Waals surface area contributed by atoms with Crippen molar-refractivity contribution < 1.29 is 19.1 Å². The van der Waals surface area contributed by atoms with Crippen LogP contribution < -0.4 is 16.0 Å². The predicted molar refractivity (Wildman–Crippen MR) is 157 cm³/mol. The van der Waals surface area contributed by atoms with E-state index < -0.39 is 6.04 Å². The third kappa shape index (κ3) is 6.95. The van der Waals surface area contributed by atoms with Crippen LogP contribution in [0.3, 0.4) is 0 Å². The fourth-order valence-corrected chi connectivity index (χ4v) is 6.56. The van der Waals surface area contributed by atoms with E-state index in [9.17, 15) is 14.4 Å². The lowest BCUT2D eigenvalue weighted by molar-refractivity contribution is -0.126. The van der Waals surface area contributed by atoms with Crippen molar-refractivity contribution in [2.24, 2.45) is 5.92 Å². The van der Waals surface area contributed by atoms with E-state index in [2.05, 4.69) is 37.9 Å². The Morgan fingerprint density at radius 3 is 2.77 bits per heavy atom. The molecular weight excluding hydrogens is 575 g/mol. The highest BCUT2D eigenvalue weighted by Crippen LogP contribution is 2.28. The second-order valence-corrected chi connectivity index (χ2v) is 11.8. The monoisotopic (exact) mass is 608 g/mol. The molecule has 3 amide bonds. The standard InChI is InChI=1S/C27H33ClN6O4S.ClH/c1-34-9-7-20-23(14-34)39-27(33-20)26(37)31-19-5-3-15(24(35)29-8-10-38-2)12-21(19)32-25(36)22-13-16-11-17(28)4-6-18(16)30-22;/h4,6,11,13,15,19,21,30H,3,5,7-10,12,14H2,1-2H3,(H,29,35)(H,31,37)(H,32,36);1H. The van der Waals surface area contributed by atoms with Crippen LogP contribution in [-0.4, -0.2) is 78.5 Å². The third-order valence-corrected chi connectivity index (χ3v) is 8.72. The Morgan fingerprint density at radius 2 is 1.98 bits per heavy atom. The molecule has 4 N–H and O–H groups in total. The molecule has 0 spiro atoms. The van der Waals surface area contributed by atoms with Gasteiger partial charge in [-0.1, -0.05) is 11.6 Å². The molecule has 216 valence electrons. The van der Waals surface area contributed by atoms with Crippen LogP contribution in [0.5, 0.6) is 0 Å². The zero-order valence-corrected chi connectivity index (χ0v) is 24.8. The lowest BCUT2D eigenvalue weighted by atomic mass is 9.81. The number of amides is 3. The number of fused-ring (bicyclic) bond motifs is 2. The molecule has 40 heavy (non-hydrogen) atoms. The molecule has 2 aromatic heterocycles. The van der Waals surface area contributed by atoms with Gasteiger partial charge in [0.15, 0.2) is 5.01 Å². The van der Waals surface area contributed by atoms with E-state index in [4.69, 9.17) is 16.3 Å². The molecule has 5 rings (SSSR count). The van der Waals surface area contributed by atoms with Crippen LogP contribution in [0.25, 0.3) is 10.9 Å². The molecule has 1 saturated carbocycles. The van der Waals surface area contributed by atoms with Gasteiger partial charge in [-0.25, -0.2) is 4.98 Å². The third-order valence-electron chi connectivity index (χ3n) is 7.40. The fraction of sp³-hybridized carbons (Fsp3) is 0.481. The minimum atomic E-state index is -0.441. The van der Waals surface area contributed by atoms with Gasteiger partial charge in [0, 0.05) is 65.9 Å². The highest BCUT2D eigenvalue weighted by molar-refractivity contribution is 7.13. The van der Waals surface area contributed by atoms with E-state index in [1.807, 2.05) is 6.07 Å². The molecule has 3 atom stereocenters. The van der Waals surface area contributed by atoms with Crippen molar-refractivity contribution in [1.29, 1.82) is 0 Å². The Bertz CT molecular complexity index is 1380. The maximum atomic E-state index is 13.3. The Morgan fingerprint density at radius 1 is 1.18 bits per heavy atom. The summed E-state index contributed by atoms with van der Waals surface area (Å²) in [4.78, 5) is 50.4. The Balaban J connectivity index is 0.00000370. The number of carbonyl (C=O) groups is 3. The van der Waals surface area contributed by atoms with Gasteiger partial charge in [-0.2, -0.15) is 0 Å². The van der Waals surface area contributed by atoms with Crippen LogP contribution in [0.15, 0.2) is 24.3 Å². The van der Waals surface area contributed by atoms with Gasteiger partial charge in [0.25, 0.3) is 11.8 Å². The molecule has 1 fully saturated rings. The average molecular weight is 610 g/mol. The van der Waals surface area contributed by atoms with E-state index in [-0.39, 0.29) is 42.1 Å². The number of nitrogens with one attached hydrogen (secondary N) is 4. The van der Waals surface area contributed by atoms with Crippen molar-refractivity contribution in [1.82, 2.24) is 30.8 Å². The van der Waals surface area contributed by atoms with Crippen LogP contribution in [0, 0.1) is 5.92 Å². The molecule has 10 nitrogen and oxygen atoms in total. The number of carbonyl (C=O) groups excluding carboxylic acids is 3. The minimum Gasteiger partial charge on any atom is -0.383 e. The Labute approximate surface area is 248 Å². The molecule has 2 aliphatic rings. The topological polar surface area (TPSA) is 128 Å². The molecule has 3 heterocycles. The van der Waals surface area contributed by atoms with Crippen molar-refractivity contribution in [3.63, 3.8) is 0 Å². The van der Waals surface area contributed by atoms with Gasteiger partial charge < -0.3 is 30.6 Å². The summed E-state index contributed by atoms with van der Waals surface area (Å²) >= 11 is 7.53. The fourth-order valence-electron chi connectivity index (χ4n) is 5.28. The first-order valence-corrected chi connectivity index (χ1v) is 14.3. The summed E-state index contributed by atoms with van der Waals surface area (Å²) in [5.41, 5.74) is 2.18. The number of H-pyrrole nitrogens is 1.